The van der Waals surface area contributed by atoms with E-state index in [1.54, 1.807) is 26.3 Å². The van der Waals surface area contributed by atoms with Crippen molar-refractivity contribution in [3.63, 3.8) is 0 Å². The van der Waals surface area contributed by atoms with Gasteiger partial charge in [0.15, 0.2) is 0 Å². The number of hydrogen-bond donors (Lipinski definition) is 1. The first-order valence-corrected chi connectivity index (χ1v) is 10.7. The van der Waals surface area contributed by atoms with Crippen LogP contribution in [0.2, 0.25) is 5.02 Å². The molecule has 1 aliphatic rings. The zero-order valence-electron chi connectivity index (χ0n) is 18.1. The average Bonchev–Trinajstić information content (AvgIpc) is 3.11. The quantitative estimate of drug-likeness (QED) is 0.611. The van der Waals surface area contributed by atoms with Gasteiger partial charge in [0.05, 0.1) is 30.0 Å². The molecule has 2 atom stereocenters. The predicted octanol–water partition coefficient (Wildman–Crippen LogP) is 4.53. The van der Waals surface area contributed by atoms with Crippen molar-refractivity contribution in [2.24, 2.45) is 7.05 Å². The van der Waals surface area contributed by atoms with Crippen molar-refractivity contribution >= 4 is 17.3 Å². The second-order valence-electron chi connectivity index (χ2n) is 7.62. The van der Waals surface area contributed by atoms with Crippen LogP contribution in [0.1, 0.15) is 29.8 Å². The highest BCUT2D eigenvalue weighted by atomic mass is 35.5. The minimum Gasteiger partial charge on any atom is -0.497 e. The smallest absolute Gasteiger partial charge is 0.277 e. The number of benzene rings is 2. The van der Waals surface area contributed by atoms with Crippen LogP contribution in [0.15, 0.2) is 47.3 Å². The van der Waals surface area contributed by atoms with Crippen molar-refractivity contribution < 1.29 is 9.47 Å². The Balaban J connectivity index is 1.74. The van der Waals surface area contributed by atoms with E-state index in [1.165, 1.54) is 10.1 Å². The molecular weight excluding hydrogens is 414 g/mol. The average molecular weight is 440 g/mol. The molecule has 0 unspecified atom stereocenters. The summed E-state index contributed by atoms with van der Waals surface area (Å²) >= 11 is 6.44. The van der Waals surface area contributed by atoms with Gasteiger partial charge in [-0.15, -0.1) is 0 Å². The lowest BCUT2D eigenvalue weighted by Gasteiger charge is -2.24. The fourth-order valence-corrected chi connectivity index (χ4v) is 4.43. The number of rotatable bonds is 6. The van der Waals surface area contributed by atoms with Gasteiger partial charge in [-0.1, -0.05) is 35.9 Å². The van der Waals surface area contributed by atoms with Crippen LogP contribution in [-0.2, 0) is 18.2 Å². The van der Waals surface area contributed by atoms with Crippen molar-refractivity contribution in [3.8, 4) is 17.1 Å². The number of aryl methyl sites for hydroxylation is 1. The fourth-order valence-electron chi connectivity index (χ4n) is 4.17. The summed E-state index contributed by atoms with van der Waals surface area (Å²) in [5, 5.41) is 3.92. The summed E-state index contributed by atoms with van der Waals surface area (Å²) in [5.41, 5.74) is 4.00. The molecule has 0 aliphatic heterocycles. The normalized spacial score (nSPS) is 17.5. The summed E-state index contributed by atoms with van der Waals surface area (Å²) in [5.74, 6) is 1.16. The highest BCUT2D eigenvalue weighted by molar-refractivity contribution is 6.33. The zero-order valence-corrected chi connectivity index (χ0v) is 18.9. The summed E-state index contributed by atoms with van der Waals surface area (Å²) in [6.45, 7) is 4.43. The molecule has 0 saturated carbocycles. The second kappa shape index (κ2) is 8.73. The Morgan fingerprint density at radius 2 is 2.03 bits per heavy atom. The van der Waals surface area contributed by atoms with Gasteiger partial charge < -0.3 is 14.8 Å². The third kappa shape index (κ3) is 3.93. The van der Waals surface area contributed by atoms with E-state index >= 15 is 0 Å². The third-order valence-electron chi connectivity index (χ3n) is 5.75. The molecule has 1 aromatic heterocycles. The van der Waals surface area contributed by atoms with Gasteiger partial charge in [0.25, 0.3) is 5.56 Å². The van der Waals surface area contributed by atoms with Gasteiger partial charge in [-0.25, -0.2) is 4.98 Å². The Morgan fingerprint density at radius 3 is 2.74 bits per heavy atom. The number of halogens is 1. The van der Waals surface area contributed by atoms with Gasteiger partial charge in [-0.05, 0) is 43.2 Å². The number of methoxy groups -OCH3 is 1. The number of hydrogen-bond acceptors (Lipinski definition) is 5. The van der Waals surface area contributed by atoms with Gasteiger partial charge in [0.1, 0.15) is 17.3 Å². The van der Waals surface area contributed by atoms with E-state index in [2.05, 4.69) is 17.4 Å². The van der Waals surface area contributed by atoms with Crippen molar-refractivity contribution in [1.29, 1.82) is 0 Å². The molecule has 1 aliphatic carbocycles. The molecule has 1 heterocycles. The molecule has 1 N–H and O–H groups in total. The molecule has 2 aromatic carbocycles. The summed E-state index contributed by atoms with van der Waals surface area (Å²) in [6, 6.07) is 13.5. The van der Waals surface area contributed by atoms with Crippen LogP contribution >= 0.6 is 11.6 Å². The highest BCUT2D eigenvalue weighted by Crippen LogP contribution is 2.36. The zero-order chi connectivity index (χ0) is 22.1. The summed E-state index contributed by atoms with van der Waals surface area (Å²) in [6.07, 6.45) is 0.774. The Bertz CT molecular complexity index is 1180. The lowest BCUT2D eigenvalue weighted by atomic mass is 10.1. The minimum atomic E-state index is -0.158. The number of nitrogens with one attached hydrogen (secondary N) is 1. The SMILES string of the molecule is CCO[C@H]1Cc2ccccc2[C@H]1Nc1c(C)nc(-c2ccc(OC)cc2Cl)n(C)c1=O. The Hall–Kier alpha value is -2.83. The molecule has 7 heteroatoms. The van der Waals surface area contributed by atoms with Crippen molar-refractivity contribution in [2.75, 3.05) is 19.0 Å². The van der Waals surface area contributed by atoms with E-state index in [1.807, 2.05) is 32.0 Å². The number of aromatic nitrogens is 2. The van der Waals surface area contributed by atoms with E-state index in [4.69, 9.17) is 26.1 Å². The van der Waals surface area contributed by atoms with Crippen molar-refractivity contribution in [2.45, 2.75) is 32.4 Å². The Morgan fingerprint density at radius 1 is 1.26 bits per heavy atom. The number of ether oxygens (including phenoxy) is 2. The van der Waals surface area contributed by atoms with E-state index in [9.17, 15) is 4.79 Å². The highest BCUT2D eigenvalue weighted by Gasteiger charge is 2.34. The molecule has 0 bridgehead atoms. The largest absolute Gasteiger partial charge is 0.497 e. The lowest BCUT2D eigenvalue weighted by molar-refractivity contribution is 0.0574. The van der Waals surface area contributed by atoms with Gasteiger partial charge in [-0.2, -0.15) is 0 Å². The van der Waals surface area contributed by atoms with Crippen LogP contribution < -0.4 is 15.6 Å². The molecule has 0 saturated heterocycles. The number of anilines is 1. The van der Waals surface area contributed by atoms with E-state index in [-0.39, 0.29) is 17.7 Å². The molecule has 6 nitrogen and oxygen atoms in total. The molecular formula is C24H26ClN3O3. The summed E-state index contributed by atoms with van der Waals surface area (Å²) < 4.78 is 12.7. The maximum absolute atomic E-state index is 13.3. The van der Waals surface area contributed by atoms with Crippen molar-refractivity contribution in [1.82, 2.24) is 9.55 Å². The lowest BCUT2D eigenvalue weighted by Crippen LogP contribution is -2.31. The molecule has 0 radical (unpaired) electrons. The van der Waals surface area contributed by atoms with Crippen LogP contribution in [0.25, 0.3) is 11.4 Å². The predicted molar refractivity (Wildman–Crippen MR) is 123 cm³/mol. The Labute approximate surface area is 186 Å². The maximum atomic E-state index is 13.3. The first kappa shape index (κ1) is 21.4. The molecule has 31 heavy (non-hydrogen) atoms. The first-order valence-electron chi connectivity index (χ1n) is 10.3. The third-order valence-corrected chi connectivity index (χ3v) is 6.07. The van der Waals surface area contributed by atoms with Crippen LogP contribution in [0.4, 0.5) is 5.69 Å². The Kier molecular flexibility index (Phi) is 6.03. The molecule has 0 spiro atoms. The van der Waals surface area contributed by atoms with E-state index < -0.39 is 0 Å². The molecule has 3 aromatic rings. The monoisotopic (exact) mass is 439 g/mol. The first-order chi connectivity index (χ1) is 14.9. The summed E-state index contributed by atoms with van der Waals surface area (Å²) in [4.78, 5) is 18.1. The van der Waals surface area contributed by atoms with E-state index in [0.29, 0.717) is 40.1 Å². The molecule has 4 rings (SSSR count). The number of fused-ring (bicyclic) bond motifs is 1. The van der Waals surface area contributed by atoms with Crippen LogP contribution in [0.5, 0.6) is 5.75 Å². The van der Waals surface area contributed by atoms with Crippen LogP contribution in [0.3, 0.4) is 0 Å². The second-order valence-corrected chi connectivity index (χ2v) is 8.03. The molecule has 162 valence electrons. The van der Waals surface area contributed by atoms with Gasteiger partial charge in [0.2, 0.25) is 0 Å². The fraction of sp³-hybridized carbons (Fsp3) is 0.333. The summed E-state index contributed by atoms with van der Waals surface area (Å²) in [7, 11) is 3.29. The number of nitrogens with zero attached hydrogens (tertiary/aromatic N) is 2. The van der Waals surface area contributed by atoms with Crippen molar-refractivity contribution in [3.05, 3.63) is 74.7 Å². The van der Waals surface area contributed by atoms with Crippen LogP contribution in [-0.4, -0.2) is 29.4 Å². The van der Waals surface area contributed by atoms with Gasteiger partial charge >= 0.3 is 0 Å². The topological polar surface area (TPSA) is 65.4 Å². The standard InChI is InChI=1S/C24H26ClN3O3/c1-5-31-20-12-15-8-6-7-9-17(15)22(20)27-21-14(2)26-23(28(3)24(21)29)18-11-10-16(30-4)13-19(18)25/h6-11,13,20,22,27H,5,12H2,1-4H3/t20-,22+/m0/s1. The maximum Gasteiger partial charge on any atom is 0.277 e. The van der Waals surface area contributed by atoms with Crippen LogP contribution in [0, 0.1) is 6.92 Å². The van der Waals surface area contributed by atoms with Gasteiger partial charge in [-0.3, -0.25) is 9.36 Å². The van der Waals surface area contributed by atoms with E-state index in [0.717, 1.165) is 12.0 Å². The minimum absolute atomic E-state index is 0.0396. The molecule has 0 amide bonds. The van der Waals surface area contributed by atoms with Gasteiger partial charge in [0, 0.05) is 25.6 Å². The molecule has 0 fully saturated rings.